The maximum Gasteiger partial charge on any atom is 0.222 e. The van der Waals surface area contributed by atoms with Gasteiger partial charge in [0.2, 0.25) is 5.91 Å². The monoisotopic (exact) mass is 218 g/mol. The fraction of sp³-hybridized carbons (Fsp3) is 0.333. The Morgan fingerprint density at radius 2 is 2.19 bits per heavy atom. The van der Waals surface area contributed by atoms with Crippen molar-refractivity contribution in [2.45, 2.75) is 26.4 Å². The zero-order valence-corrected chi connectivity index (χ0v) is 9.53. The Kier molecular flexibility index (Phi) is 3.64. The molecule has 84 valence electrons. The minimum Gasteiger partial charge on any atom is -0.378 e. The molecule has 4 heteroatoms. The summed E-state index contributed by atoms with van der Waals surface area (Å²) in [6, 6.07) is 5.13. The van der Waals surface area contributed by atoms with E-state index in [-0.39, 0.29) is 5.91 Å². The standard InChI is InChI=1S/C12H14N2O2/c1-9(15)13-11-6-4-5-10(14-11)7-8-12(2,3)16/h4-6,16H,1-3H3,(H,13,14,15). The molecule has 4 nitrogen and oxygen atoms in total. The average molecular weight is 218 g/mol. The van der Waals surface area contributed by atoms with Gasteiger partial charge in [-0.15, -0.1) is 0 Å². The number of nitrogens with one attached hydrogen (secondary N) is 1. The third kappa shape index (κ3) is 4.58. The van der Waals surface area contributed by atoms with E-state index in [1.54, 1.807) is 32.0 Å². The van der Waals surface area contributed by atoms with E-state index in [1.807, 2.05) is 0 Å². The summed E-state index contributed by atoms with van der Waals surface area (Å²) in [5.41, 5.74) is -0.542. The van der Waals surface area contributed by atoms with Gasteiger partial charge in [-0.3, -0.25) is 4.79 Å². The summed E-state index contributed by atoms with van der Waals surface area (Å²) in [6.07, 6.45) is 0. The third-order valence-electron chi connectivity index (χ3n) is 1.55. The SMILES string of the molecule is CC(=O)Nc1cccc(C#CC(C)(C)O)n1. The lowest BCUT2D eigenvalue weighted by atomic mass is 10.1. The van der Waals surface area contributed by atoms with E-state index in [2.05, 4.69) is 22.1 Å². The molecule has 0 fully saturated rings. The Labute approximate surface area is 94.7 Å². The topological polar surface area (TPSA) is 62.2 Å². The highest BCUT2D eigenvalue weighted by atomic mass is 16.3. The van der Waals surface area contributed by atoms with Crippen molar-refractivity contribution in [3.05, 3.63) is 23.9 Å². The lowest BCUT2D eigenvalue weighted by molar-refractivity contribution is -0.114. The molecule has 0 aliphatic heterocycles. The molecule has 0 unspecified atom stereocenters. The van der Waals surface area contributed by atoms with Gasteiger partial charge in [-0.2, -0.15) is 0 Å². The van der Waals surface area contributed by atoms with E-state index in [1.165, 1.54) is 6.92 Å². The van der Waals surface area contributed by atoms with Gasteiger partial charge in [-0.25, -0.2) is 4.98 Å². The fourth-order valence-corrected chi connectivity index (χ4v) is 0.971. The van der Waals surface area contributed by atoms with Gasteiger partial charge in [-0.1, -0.05) is 12.0 Å². The lowest BCUT2D eigenvalue weighted by Gasteiger charge is -2.06. The van der Waals surface area contributed by atoms with E-state index in [9.17, 15) is 9.90 Å². The maximum atomic E-state index is 10.8. The molecule has 0 radical (unpaired) electrons. The largest absolute Gasteiger partial charge is 0.378 e. The summed E-state index contributed by atoms with van der Waals surface area (Å²) in [5, 5.41) is 12.0. The van der Waals surface area contributed by atoms with Crippen molar-refractivity contribution in [2.24, 2.45) is 0 Å². The van der Waals surface area contributed by atoms with E-state index in [0.717, 1.165) is 0 Å². The number of rotatable bonds is 1. The third-order valence-corrected chi connectivity index (χ3v) is 1.55. The molecule has 16 heavy (non-hydrogen) atoms. The van der Waals surface area contributed by atoms with E-state index < -0.39 is 5.60 Å². The molecule has 2 N–H and O–H groups in total. The van der Waals surface area contributed by atoms with Crippen LogP contribution in [-0.4, -0.2) is 21.6 Å². The number of amides is 1. The Morgan fingerprint density at radius 3 is 2.75 bits per heavy atom. The van der Waals surface area contributed by atoms with Gasteiger partial charge in [-0.05, 0) is 31.9 Å². The van der Waals surface area contributed by atoms with Gasteiger partial charge in [0.05, 0.1) is 0 Å². The second-order valence-electron chi connectivity index (χ2n) is 3.90. The summed E-state index contributed by atoms with van der Waals surface area (Å²) in [7, 11) is 0. The first-order chi connectivity index (χ1) is 7.37. The first-order valence-corrected chi connectivity index (χ1v) is 4.87. The Morgan fingerprint density at radius 1 is 1.50 bits per heavy atom. The molecule has 1 amide bonds. The quantitative estimate of drug-likeness (QED) is 0.695. The fourth-order valence-electron chi connectivity index (χ4n) is 0.971. The molecule has 1 rings (SSSR count). The van der Waals surface area contributed by atoms with Crippen LogP contribution in [0.4, 0.5) is 5.82 Å². The second-order valence-corrected chi connectivity index (χ2v) is 3.90. The molecule has 1 aromatic rings. The number of hydrogen-bond acceptors (Lipinski definition) is 3. The molecule has 0 saturated carbocycles. The molecule has 0 bridgehead atoms. The molecule has 0 saturated heterocycles. The van der Waals surface area contributed by atoms with Crippen LogP contribution in [-0.2, 0) is 4.79 Å². The van der Waals surface area contributed by atoms with Crippen LogP contribution >= 0.6 is 0 Å². The Hall–Kier alpha value is -1.86. The van der Waals surface area contributed by atoms with Crippen LogP contribution in [0.2, 0.25) is 0 Å². The molecule has 1 heterocycles. The highest BCUT2D eigenvalue weighted by Crippen LogP contribution is 2.04. The summed E-state index contributed by atoms with van der Waals surface area (Å²) in [4.78, 5) is 14.9. The van der Waals surface area contributed by atoms with Gasteiger partial charge < -0.3 is 10.4 Å². The van der Waals surface area contributed by atoms with Crippen LogP contribution in [0.15, 0.2) is 18.2 Å². The average Bonchev–Trinajstić information content (AvgIpc) is 2.13. The number of pyridine rings is 1. The van der Waals surface area contributed by atoms with Gasteiger partial charge in [0.1, 0.15) is 17.1 Å². The van der Waals surface area contributed by atoms with E-state index in [0.29, 0.717) is 11.5 Å². The number of carbonyl (C=O) groups is 1. The van der Waals surface area contributed by atoms with Crippen LogP contribution in [0, 0.1) is 11.8 Å². The molecular weight excluding hydrogens is 204 g/mol. The van der Waals surface area contributed by atoms with Crippen molar-refractivity contribution in [1.82, 2.24) is 4.98 Å². The molecule has 1 aromatic heterocycles. The van der Waals surface area contributed by atoms with Crippen molar-refractivity contribution in [3.8, 4) is 11.8 Å². The Bertz CT molecular complexity index is 450. The zero-order valence-electron chi connectivity index (χ0n) is 9.53. The molecule has 0 atom stereocenters. The van der Waals surface area contributed by atoms with Crippen LogP contribution < -0.4 is 5.32 Å². The van der Waals surface area contributed by atoms with E-state index >= 15 is 0 Å². The molecular formula is C12H14N2O2. The number of aliphatic hydroxyl groups is 1. The van der Waals surface area contributed by atoms with Crippen molar-refractivity contribution < 1.29 is 9.90 Å². The van der Waals surface area contributed by atoms with Gasteiger partial charge in [0, 0.05) is 6.92 Å². The second kappa shape index (κ2) is 4.77. The minimum atomic E-state index is -1.05. The Balaban J connectivity index is 2.89. The lowest BCUT2D eigenvalue weighted by Crippen LogP contribution is -2.14. The molecule has 0 spiro atoms. The highest BCUT2D eigenvalue weighted by Gasteiger charge is 2.06. The molecule has 0 aliphatic carbocycles. The summed E-state index contributed by atoms with van der Waals surface area (Å²) < 4.78 is 0. The van der Waals surface area contributed by atoms with Crippen LogP contribution in [0.3, 0.4) is 0 Å². The number of aromatic nitrogens is 1. The van der Waals surface area contributed by atoms with Crippen molar-refractivity contribution in [3.63, 3.8) is 0 Å². The minimum absolute atomic E-state index is 0.180. The first kappa shape index (κ1) is 12.2. The van der Waals surface area contributed by atoms with Gasteiger partial charge >= 0.3 is 0 Å². The van der Waals surface area contributed by atoms with Crippen LogP contribution in [0.5, 0.6) is 0 Å². The number of hydrogen-bond donors (Lipinski definition) is 2. The van der Waals surface area contributed by atoms with Crippen LogP contribution in [0.25, 0.3) is 0 Å². The van der Waals surface area contributed by atoms with Gasteiger partial charge in [0.15, 0.2) is 0 Å². The van der Waals surface area contributed by atoms with Gasteiger partial charge in [0.25, 0.3) is 0 Å². The molecule has 0 aromatic carbocycles. The zero-order chi connectivity index (χ0) is 12.2. The number of anilines is 1. The summed E-state index contributed by atoms with van der Waals surface area (Å²) >= 11 is 0. The predicted molar refractivity (Wildman–Crippen MR) is 61.7 cm³/mol. The summed E-state index contributed by atoms with van der Waals surface area (Å²) in [5.74, 6) is 5.66. The maximum absolute atomic E-state index is 10.8. The van der Waals surface area contributed by atoms with Crippen molar-refractivity contribution in [1.29, 1.82) is 0 Å². The first-order valence-electron chi connectivity index (χ1n) is 4.87. The molecule has 0 aliphatic rings. The number of carbonyl (C=O) groups excluding carboxylic acids is 1. The predicted octanol–water partition coefficient (Wildman–Crippen LogP) is 1.16. The normalized spacial score (nSPS) is 10.2. The smallest absolute Gasteiger partial charge is 0.222 e. The van der Waals surface area contributed by atoms with E-state index in [4.69, 9.17) is 0 Å². The van der Waals surface area contributed by atoms with Crippen LogP contribution in [0.1, 0.15) is 26.5 Å². The summed E-state index contributed by atoms with van der Waals surface area (Å²) in [6.45, 7) is 4.60. The van der Waals surface area contributed by atoms with Crippen molar-refractivity contribution in [2.75, 3.05) is 5.32 Å². The van der Waals surface area contributed by atoms with Crippen molar-refractivity contribution >= 4 is 11.7 Å². The number of nitrogens with zero attached hydrogens (tertiary/aromatic N) is 1. The highest BCUT2D eigenvalue weighted by molar-refractivity contribution is 5.87.